The summed E-state index contributed by atoms with van der Waals surface area (Å²) in [7, 11) is 0. The first-order valence-corrected chi connectivity index (χ1v) is 14.5. The molecule has 0 aliphatic rings. The van der Waals surface area contributed by atoms with Gasteiger partial charge in [-0.25, -0.2) is 4.79 Å². The molecule has 0 spiro atoms. The highest BCUT2D eigenvalue weighted by atomic mass is 16.5. The maximum absolute atomic E-state index is 11.6. The Kier molecular flexibility index (Phi) is 16.5. The summed E-state index contributed by atoms with van der Waals surface area (Å²) in [5.41, 5.74) is 3.31. The maximum Gasteiger partial charge on any atom is 0.333 e. The molecule has 0 fully saturated rings. The molecule has 0 aliphatic heterocycles. The van der Waals surface area contributed by atoms with Gasteiger partial charge in [0.15, 0.2) is 0 Å². The molecule has 236 valence electrons. The highest BCUT2D eigenvalue weighted by molar-refractivity contribution is 5.86. The zero-order valence-corrected chi connectivity index (χ0v) is 27.3. The molecule has 0 heterocycles. The Hall–Kier alpha value is -4.71. The lowest BCUT2D eigenvalue weighted by Gasteiger charge is -2.28. The van der Waals surface area contributed by atoms with Gasteiger partial charge < -0.3 is 24.1 Å². The van der Waals surface area contributed by atoms with Crippen molar-refractivity contribution in [2.45, 2.75) is 67.3 Å². The van der Waals surface area contributed by atoms with Gasteiger partial charge in [0.1, 0.15) is 48.5 Å². The number of carbonyl (C=O) groups is 1. The Bertz CT molecular complexity index is 1360. The van der Waals surface area contributed by atoms with Gasteiger partial charge in [0, 0.05) is 5.57 Å². The van der Waals surface area contributed by atoms with E-state index < -0.39 is 11.6 Å². The van der Waals surface area contributed by atoms with Crippen LogP contribution >= 0.6 is 0 Å². The number of carbonyl (C=O) groups excluding carboxylic acids is 1. The fraction of sp³-hybridized carbons (Fsp3) is 0.289. The van der Waals surface area contributed by atoms with Crippen molar-refractivity contribution < 1.29 is 28.8 Å². The van der Waals surface area contributed by atoms with Crippen molar-refractivity contribution in [2.24, 2.45) is 0 Å². The Morgan fingerprint density at radius 2 is 1.23 bits per heavy atom. The van der Waals surface area contributed by atoms with E-state index in [0.29, 0.717) is 36.1 Å². The van der Waals surface area contributed by atoms with Crippen LogP contribution in [-0.4, -0.2) is 23.3 Å². The van der Waals surface area contributed by atoms with Crippen molar-refractivity contribution in [1.29, 1.82) is 0 Å². The van der Waals surface area contributed by atoms with E-state index in [1.165, 1.54) is 6.08 Å². The van der Waals surface area contributed by atoms with Gasteiger partial charge in [0.2, 0.25) is 0 Å². The summed E-state index contributed by atoms with van der Waals surface area (Å²) in [4.78, 5) is 11.6. The molecule has 0 bridgehead atoms. The van der Waals surface area contributed by atoms with Crippen molar-refractivity contribution in [3.8, 4) is 0 Å². The third-order valence-corrected chi connectivity index (χ3v) is 6.27. The number of ether oxygens (including phenoxy) is 4. The average molecular weight is 601 g/mol. The first-order valence-electron chi connectivity index (χ1n) is 14.5. The van der Waals surface area contributed by atoms with Crippen molar-refractivity contribution in [2.75, 3.05) is 6.61 Å². The molecule has 0 saturated heterocycles. The van der Waals surface area contributed by atoms with E-state index in [2.05, 4.69) is 19.7 Å². The summed E-state index contributed by atoms with van der Waals surface area (Å²) in [6, 6.07) is 7.70. The van der Waals surface area contributed by atoms with Gasteiger partial charge >= 0.3 is 5.97 Å². The van der Waals surface area contributed by atoms with Crippen molar-refractivity contribution >= 4 is 5.97 Å². The summed E-state index contributed by atoms with van der Waals surface area (Å²) < 4.78 is 23.3. The standard InChI is InChI=1S/C38H48O6/c1-11-31(25-41-34(12-2)22-16-30(8)39)17-15-29(7)38(9,10)44-36(14-4)24-23-35(13-3)42-26-32-18-20-33(21-19-32)27-43-37(40)28(5)6/h11-24,39H,5,7-8,25-27H2,1-4,6,9-10H3/b17-15-,22-16-,24-23-,31-11+,34-12+,35-13+,36-14+. The smallest absolute Gasteiger partial charge is 0.333 e. The maximum atomic E-state index is 11.6. The van der Waals surface area contributed by atoms with Gasteiger partial charge in [-0.05, 0) is 113 Å². The molecule has 1 N–H and O–H groups in total. The zero-order valence-electron chi connectivity index (χ0n) is 27.3. The van der Waals surface area contributed by atoms with Gasteiger partial charge in [-0.3, -0.25) is 0 Å². The number of aliphatic hydroxyl groups is 1. The second kappa shape index (κ2) is 19.5. The minimum atomic E-state index is -0.682. The van der Waals surface area contributed by atoms with Crippen molar-refractivity contribution in [1.82, 2.24) is 0 Å². The van der Waals surface area contributed by atoms with Crippen LogP contribution < -0.4 is 0 Å². The topological polar surface area (TPSA) is 74.2 Å². The largest absolute Gasteiger partial charge is 0.509 e. The van der Waals surface area contributed by atoms with Crippen LogP contribution in [0.15, 0.2) is 145 Å². The number of aliphatic hydroxyl groups excluding tert-OH is 1. The zero-order chi connectivity index (χ0) is 33.1. The van der Waals surface area contributed by atoms with Gasteiger partial charge in [-0.15, -0.1) is 0 Å². The van der Waals surface area contributed by atoms with Crippen LogP contribution in [0, 0.1) is 0 Å². The van der Waals surface area contributed by atoms with E-state index in [9.17, 15) is 9.90 Å². The Balaban J connectivity index is 2.73. The molecular weight excluding hydrogens is 552 g/mol. The molecule has 6 nitrogen and oxygen atoms in total. The minimum absolute atomic E-state index is 0.0358. The van der Waals surface area contributed by atoms with E-state index >= 15 is 0 Å². The molecule has 0 atom stereocenters. The van der Waals surface area contributed by atoms with Crippen LogP contribution in [0.3, 0.4) is 0 Å². The van der Waals surface area contributed by atoms with Crippen LogP contribution in [0.1, 0.15) is 59.6 Å². The third-order valence-electron chi connectivity index (χ3n) is 6.27. The van der Waals surface area contributed by atoms with E-state index in [-0.39, 0.29) is 12.4 Å². The lowest BCUT2D eigenvalue weighted by Crippen LogP contribution is -2.25. The number of esters is 1. The highest BCUT2D eigenvalue weighted by Crippen LogP contribution is 2.25. The predicted octanol–water partition coefficient (Wildman–Crippen LogP) is 9.59. The minimum Gasteiger partial charge on any atom is -0.509 e. The Morgan fingerprint density at radius 1 is 0.727 bits per heavy atom. The number of hydrogen-bond acceptors (Lipinski definition) is 6. The van der Waals surface area contributed by atoms with Gasteiger partial charge in [-0.2, -0.15) is 0 Å². The molecule has 0 amide bonds. The number of hydrogen-bond donors (Lipinski definition) is 1. The lowest BCUT2D eigenvalue weighted by molar-refractivity contribution is -0.140. The SMILES string of the molecule is C=C(O)/C=C\C(=C/C)OCC(/C=C\C(=C)C(C)(C)OC(/C=C\C(=C/C)OCc1ccc(COC(=O)C(=C)C)cc1)=C/C)=C/C. The Morgan fingerprint density at radius 3 is 1.73 bits per heavy atom. The summed E-state index contributed by atoms with van der Waals surface area (Å²) in [5.74, 6) is 1.55. The van der Waals surface area contributed by atoms with Gasteiger partial charge in [0.05, 0.1) is 0 Å². The molecule has 0 unspecified atom stereocenters. The number of benzene rings is 1. The molecule has 1 aromatic rings. The summed E-state index contributed by atoms with van der Waals surface area (Å²) in [5, 5.41) is 9.27. The third kappa shape index (κ3) is 14.5. The molecule has 6 heteroatoms. The second-order valence-electron chi connectivity index (χ2n) is 10.3. The van der Waals surface area contributed by atoms with E-state index in [4.69, 9.17) is 18.9 Å². The first-order chi connectivity index (χ1) is 20.8. The summed E-state index contributed by atoms with van der Waals surface area (Å²) in [6.45, 7) is 25.4. The highest BCUT2D eigenvalue weighted by Gasteiger charge is 2.22. The van der Waals surface area contributed by atoms with Gasteiger partial charge in [0.25, 0.3) is 0 Å². The van der Waals surface area contributed by atoms with Crippen LogP contribution in [0.4, 0.5) is 0 Å². The van der Waals surface area contributed by atoms with Crippen LogP contribution in [0.2, 0.25) is 0 Å². The van der Waals surface area contributed by atoms with E-state index in [0.717, 1.165) is 22.3 Å². The second-order valence-corrected chi connectivity index (χ2v) is 10.3. The van der Waals surface area contributed by atoms with E-state index in [1.807, 2.05) is 114 Å². The lowest BCUT2D eigenvalue weighted by atomic mass is 9.98. The fourth-order valence-corrected chi connectivity index (χ4v) is 3.32. The average Bonchev–Trinajstić information content (AvgIpc) is 3.00. The molecule has 0 aromatic heterocycles. The molecule has 44 heavy (non-hydrogen) atoms. The van der Waals surface area contributed by atoms with E-state index in [1.54, 1.807) is 13.0 Å². The molecular formula is C38H48O6. The Labute approximate surface area is 264 Å². The van der Waals surface area contributed by atoms with Crippen LogP contribution in [0.25, 0.3) is 0 Å². The van der Waals surface area contributed by atoms with Crippen molar-refractivity contribution in [3.05, 3.63) is 156 Å². The first kappa shape index (κ1) is 37.3. The van der Waals surface area contributed by atoms with Gasteiger partial charge in [-0.1, -0.05) is 62.2 Å². The summed E-state index contributed by atoms with van der Waals surface area (Å²) in [6.07, 6.45) is 18.3. The van der Waals surface area contributed by atoms with Crippen LogP contribution in [0.5, 0.6) is 0 Å². The molecule has 1 rings (SSSR count). The quantitative estimate of drug-likeness (QED) is 0.0783. The number of allylic oxidation sites excluding steroid dienone is 8. The predicted molar refractivity (Wildman–Crippen MR) is 180 cm³/mol. The number of rotatable bonds is 18. The molecule has 0 saturated carbocycles. The molecule has 0 aliphatic carbocycles. The monoisotopic (exact) mass is 600 g/mol. The molecule has 1 aromatic carbocycles. The molecule has 0 radical (unpaired) electrons. The fourth-order valence-electron chi connectivity index (χ4n) is 3.32. The normalized spacial score (nSPS) is 13.4. The summed E-state index contributed by atoms with van der Waals surface area (Å²) >= 11 is 0. The van der Waals surface area contributed by atoms with Crippen molar-refractivity contribution in [3.63, 3.8) is 0 Å². The van der Waals surface area contributed by atoms with Crippen LogP contribution in [-0.2, 0) is 37.0 Å².